The number of aromatic nitrogens is 1. The highest BCUT2D eigenvalue weighted by Crippen LogP contribution is 2.37. The van der Waals surface area contributed by atoms with Crippen molar-refractivity contribution in [2.45, 2.75) is 64.5 Å². The Morgan fingerprint density at radius 1 is 1.42 bits per heavy atom. The minimum atomic E-state index is 0.0300. The zero-order valence-corrected chi connectivity index (χ0v) is 13.2. The number of hydrogen-bond donors (Lipinski definition) is 1. The van der Waals surface area contributed by atoms with E-state index in [1.54, 1.807) is 11.3 Å². The van der Waals surface area contributed by atoms with Crippen molar-refractivity contribution in [1.29, 1.82) is 0 Å². The monoisotopic (exact) mass is 282 g/mol. The quantitative estimate of drug-likeness (QED) is 0.833. The third-order valence-electron chi connectivity index (χ3n) is 4.05. The van der Waals surface area contributed by atoms with Crippen molar-refractivity contribution in [1.82, 2.24) is 10.3 Å². The molecule has 1 saturated carbocycles. The van der Waals surface area contributed by atoms with Crippen molar-refractivity contribution >= 4 is 11.3 Å². The maximum absolute atomic E-state index is 6.20. The lowest BCUT2D eigenvalue weighted by atomic mass is 9.88. The maximum Gasteiger partial charge on any atom is 0.0897 e. The second-order valence-electron chi connectivity index (χ2n) is 5.38. The molecule has 0 amide bonds. The second kappa shape index (κ2) is 6.82. The molecule has 2 rings (SSSR count). The van der Waals surface area contributed by atoms with Gasteiger partial charge in [0.2, 0.25) is 0 Å². The van der Waals surface area contributed by atoms with Crippen molar-refractivity contribution in [3.63, 3.8) is 0 Å². The van der Waals surface area contributed by atoms with Crippen LogP contribution in [0.5, 0.6) is 0 Å². The van der Waals surface area contributed by atoms with Gasteiger partial charge in [-0.1, -0.05) is 19.8 Å². The molecule has 1 aromatic heterocycles. The van der Waals surface area contributed by atoms with E-state index in [0.29, 0.717) is 6.04 Å². The third kappa shape index (κ3) is 3.56. The lowest BCUT2D eigenvalue weighted by molar-refractivity contribution is -0.0611. The number of ether oxygens (including phenoxy) is 1. The van der Waals surface area contributed by atoms with Gasteiger partial charge in [-0.3, -0.25) is 0 Å². The van der Waals surface area contributed by atoms with Crippen LogP contribution in [-0.4, -0.2) is 29.8 Å². The molecule has 3 nitrogen and oxygen atoms in total. The highest BCUT2D eigenvalue weighted by molar-refractivity contribution is 7.09. The molecular formula is C15H26N2OS. The smallest absolute Gasteiger partial charge is 0.0897 e. The van der Waals surface area contributed by atoms with Gasteiger partial charge in [0.15, 0.2) is 0 Å². The zero-order chi connectivity index (χ0) is 13.7. The van der Waals surface area contributed by atoms with Gasteiger partial charge in [0.25, 0.3) is 0 Å². The number of likely N-dealkylation sites (N-methyl/N-ethyl adjacent to an activating group) is 1. The average molecular weight is 282 g/mol. The first-order chi connectivity index (χ1) is 9.20. The first kappa shape index (κ1) is 14.9. The molecule has 0 aliphatic heterocycles. The van der Waals surface area contributed by atoms with Crippen LogP contribution >= 0.6 is 11.3 Å². The van der Waals surface area contributed by atoms with Crippen LogP contribution in [-0.2, 0) is 11.2 Å². The molecule has 0 aromatic carbocycles. The van der Waals surface area contributed by atoms with E-state index in [0.717, 1.165) is 24.6 Å². The molecule has 1 heterocycles. The van der Waals surface area contributed by atoms with Gasteiger partial charge in [0.1, 0.15) is 0 Å². The van der Waals surface area contributed by atoms with Crippen LogP contribution in [0.3, 0.4) is 0 Å². The fraction of sp³-hybridized carbons (Fsp3) is 0.800. The van der Waals surface area contributed by atoms with E-state index in [1.165, 1.54) is 31.4 Å². The predicted molar refractivity (Wildman–Crippen MR) is 80.8 cm³/mol. The molecule has 0 saturated heterocycles. The van der Waals surface area contributed by atoms with E-state index < -0.39 is 0 Å². The summed E-state index contributed by atoms with van der Waals surface area (Å²) in [5, 5.41) is 6.99. The van der Waals surface area contributed by atoms with Gasteiger partial charge < -0.3 is 10.1 Å². The molecular weight excluding hydrogens is 256 g/mol. The first-order valence-corrected chi connectivity index (χ1v) is 8.36. The Balaban J connectivity index is 2.12. The summed E-state index contributed by atoms with van der Waals surface area (Å²) in [6.45, 7) is 8.15. The van der Waals surface area contributed by atoms with E-state index in [9.17, 15) is 0 Å². The Morgan fingerprint density at radius 2 is 2.16 bits per heavy atom. The minimum absolute atomic E-state index is 0.0300. The zero-order valence-electron chi connectivity index (χ0n) is 12.4. The van der Waals surface area contributed by atoms with Gasteiger partial charge >= 0.3 is 0 Å². The summed E-state index contributed by atoms with van der Waals surface area (Å²) in [5.74, 6) is 0. The lowest BCUT2D eigenvalue weighted by Crippen LogP contribution is -2.52. The second-order valence-corrected chi connectivity index (χ2v) is 6.44. The summed E-state index contributed by atoms with van der Waals surface area (Å²) >= 11 is 1.74. The summed E-state index contributed by atoms with van der Waals surface area (Å²) < 4.78 is 6.20. The van der Waals surface area contributed by atoms with E-state index in [2.05, 4.69) is 36.5 Å². The fourth-order valence-corrected chi connectivity index (χ4v) is 3.88. The molecule has 4 heteroatoms. The van der Waals surface area contributed by atoms with Gasteiger partial charge in [-0.05, 0) is 33.2 Å². The Labute approximate surface area is 120 Å². The number of rotatable bonds is 7. The predicted octanol–water partition coefficient (Wildman–Crippen LogP) is 3.32. The lowest BCUT2D eigenvalue weighted by Gasteiger charge is -2.37. The number of aryl methyl sites for hydroxylation is 1. The Hall–Kier alpha value is -0.450. The number of thiazole rings is 1. The van der Waals surface area contributed by atoms with Crippen LogP contribution in [0.15, 0.2) is 5.38 Å². The summed E-state index contributed by atoms with van der Waals surface area (Å²) in [6.07, 6.45) is 5.93. The highest BCUT2D eigenvalue weighted by Gasteiger charge is 2.41. The van der Waals surface area contributed by atoms with Crippen molar-refractivity contribution in [3.05, 3.63) is 16.1 Å². The fourth-order valence-electron chi connectivity index (χ4n) is 3.26. The van der Waals surface area contributed by atoms with Crippen molar-refractivity contribution < 1.29 is 4.74 Å². The number of nitrogens with zero attached hydrogens (tertiary/aromatic N) is 1. The molecule has 1 aliphatic rings. The maximum atomic E-state index is 6.20. The highest BCUT2D eigenvalue weighted by atomic mass is 32.1. The van der Waals surface area contributed by atoms with Crippen LogP contribution < -0.4 is 5.32 Å². The van der Waals surface area contributed by atoms with E-state index >= 15 is 0 Å². The minimum Gasteiger partial charge on any atom is -0.374 e. The van der Waals surface area contributed by atoms with Gasteiger partial charge in [-0.2, -0.15) is 0 Å². The van der Waals surface area contributed by atoms with Crippen molar-refractivity contribution in [3.8, 4) is 0 Å². The van der Waals surface area contributed by atoms with Gasteiger partial charge in [-0.15, -0.1) is 11.3 Å². The van der Waals surface area contributed by atoms with Crippen molar-refractivity contribution in [2.75, 3.05) is 13.2 Å². The SMILES string of the molecule is CCNC(Cc1csc(C)n1)C1(OCC)CCCC1. The van der Waals surface area contributed by atoms with E-state index in [4.69, 9.17) is 4.74 Å². The van der Waals surface area contributed by atoms with E-state index in [-0.39, 0.29) is 5.60 Å². The molecule has 108 valence electrons. The largest absolute Gasteiger partial charge is 0.374 e. The van der Waals surface area contributed by atoms with Crippen LogP contribution in [0.4, 0.5) is 0 Å². The molecule has 1 unspecified atom stereocenters. The third-order valence-corrected chi connectivity index (χ3v) is 4.87. The molecule has 1 aliphatic carbocycles. The Bertz CT molecular complexity index is 385. The number of nitrogens with one attached hydrogen (secondary N) is 1. The first-order valence-electron chi connectivity index (χ1n) is 7.48. The molecule has 1 aromatic rings. The van der Waals surface area contributed by atoms with Gasteiger partial charge in [0.05, 0.1) is 16.3 Å². The van der Waals surface area contributed by atoms with Crippen LogP contribution in [0.25, 0.3) is 0 Å². The Kier molecular flexibility index (Phi) is 5.37. The van der Waals surface area contributed by atoms with Crippen molar-refractivity contribution in [2.24, 2.45) is 0 Å². The normalized spacial score (nSPS) is 19.7. The Morgan fingerprint density at radius 3 is 2.68 bits per heavy atom. The molecule has 19 heavy (non-hydrogen) atoms. The summed E-state index contributed by atoms with van der Waals surface area (Å²) in [7, 11) is 0. The van der Waals surface area contributed by atoms with Gasteiger partial charge in [0, 0.05) is 24.4 Å². The molecule has 0 bridgehead atoms. The van der Waals surface area contributed by atoms with Gasteiger partial charge in [-0.25, -0.2) is 4.98 Å². The number of hydrogen-bond acceptors (Lipinski definition) is 4. The van der Waals surface area contributed by atoms with Crippen LogP contribution in [0, 0.1) is 6.92 Å². The summed E-state index contributed by atoms with van der Waals surface area (Å²) in [5.41, 5.74) is 1.24. The standard InChI is InChI=1S/C15H26N2OS/c1-4-16-14(10-13-11-19-12(3)17-13)15(18-5-2)8-6-7-9-15/h11,14,16H,4-10H2,1-3H3. The molecule has 1 fully saturated rings. The average Bonchev–Trinajstić information content (AvgIpc) is 3.00. The van der Waals surface area contributed by atoms with Crippen LogP contribution in [0.2, 0.25) is 0 Å². The van der Waals surface area contributed by atoms with E-state index in [1.807, 2.05) is 0 Å². The summed E-state index contributed by atoms with van der Waals surface area (Å²) in [4.78, 5) is 4.62. The molecule has 1 atom stereocenters. The molecule has 0 spiro atoms. The molecule has 1 N–H and O–H groups in total. The topological polar surface area (TPSA) is 34.2 Å². The van der Waals surface area contributed by atoms with Crippen LogP contribution in [0.1, 0.15) is 50.2 Å². The summed E-state index contributed by atoms with van der Waals surface area (Å²) in [6, 6.07) is 0.390. The molecule has 0 radical (unpaired) electrons.